The van der Waals surface area contributed by atoms with E-state index in [1.807, 2.05) is 41.0 Å². The lowest BCUT2D eigenvalue weighted by Crippen LogP contribution is -2.33. The molecule has 0 spiro atoms. The van der Waals surface area contributed by atoms with Crippen LogP contribution in [0.25, 0.3) is 17.1 Å². The number of hydrogen-bond donors (Lipinski definition) is 2. The molecular weight excluding hydrogens is 471 g/mol. The maximum absolute atomic E-state index is 13.0. The van der Waals surface area contributed by atoms with Crippen molar-refractivity contribution in [2.45, 2.75) is 5.16 Å². The maximum atomic E-state index is 13.0. The highest BCUT2D eigenvalue weighted by Gasteiger charge is 2.18. The van der Waals surface area contributed by atoms with Crippen LogP contribution >= 0.6 is 11.8 Å². The average molecular weight is 493 g/mol. The molecular formula is C24H21FN6O3S. The molecule has 0 aliphatic heterocycles. The van der Waals surface area contributed by atoms with Crippen LogP contribution in [0, 0.1) is 5.82 Å². The van der Waals surface area contributed by atoms with E-state index in [-0.39, 0.29) is 18.2 Å². The molecule has 0 aliphatic rings. The fourth-order valence-electron chi connectivity index (χ4n) is 3.11. The molecule has 2 aromatic carbocycles. The van der Waals surface area contributed by atoms with Crippen LogP contribution < -0.4 is 15.4 Å². The third kappa shape index (κ3) is 6.21. The third-order valence-electron chi connectivity index (χ3n) is 4.81. The van der Waals surface area contributed by atoms with Gasteiger partial charge in [0.15, 0.2) is 11.0 Å². The molecule has 178 valence electrons. The van der Waals surface area contributed by atoms with E-state index in [9.17, 15) is 14.0 Å². The predicted octanol–water partition coefficient (Wildman–Crippen LogP) is 3.32. The first-order valence-electron chi connectivity index (χ1n) is 10.5. The Morgan fingerprint density at radius 2 is 1.69 bits per heavy atom. The first-order chi connectivity index (χ1) is 17.0. The molecule has 0 aliphatic carbocycles. The highest BCUT2D eigenvalue weighted by molar-refractivity contribution is 7.99. The van der Waals surface area contributed by atoms with Crippen molar-refractivity contribution in [1.29, 1.82) is 0 Å². The van der Waals surface area contributed by atoms with Crippen LogP contribution in [0.5, 0.6) is 5.75 Å². The molecule has 35 heavy (non-hydrogen) atoms. The van der Waals surface area contributed by atoms with Crippen LogP contribution in [0.15, 0.2) is 78.2 Å². The third-order valence-corrected chi connectivity index (χ3v) is 5.74. The normalized spacial score (nSPS) is 10.6. The van der Waals surface area contributed by atoms with Crippen molar-refractivity contribution in [2.75, 3.05) is 24.7 Å². The lowest BCUT2D eigenvalue weighted by molar-refractivity contribution is -0.122. The zero-order valence-electron chi connectivity index (χ0n) is 18.6. The van der Waals surface area contributed by atoms with E-state index in [4.69, 9.17) is 4.74 Å². The van der Waals surface area contributed by atoms with Gasteiger partial charge in [-0.05, 0) is 60.7 Å². The summed E-state index contributed by atoms with van der Waals surface area (Å²) in [4.78, 5) is 28.5. The lowest BCUT2D eigenvalue weighted by Gasteiger charge is -2.11. The molecule has 0 bridgehead atoms. The summed E-state index contributed by atoms with van der Waals surface area (Å²) in [5, 5.41) is 14.3. The largest absolute Gasteiger partial charge is 0.497 e. The van der Waals surface area contributed by atoms with Crippen LogP contribution in [0.4, 0.5) is 10.1 Å². The van der Waals surface area contributed by atoms with E-state index in [0.717, 1.165) is 11.3 Å². The van der Waals surface area contributed by atoms with Crippen molar-refractivity contribution in [3.05, 3.63) is 78.9 Å². The number of amides is 2. The Kier molecular flexibility index (Phi) is 7.68. The highest BCUT2D eigenvalue weighted by atomic mass is 32.2. The van der Waals surface area contributed by atoms with E-state index in [2.05, 4.69) is 25.8 Å². The van der Waals surface area contributed by atoms with Gasteiger partial charge in [-0.25, -0.2) is 4.39 Å². The molecule has 0 saturated carbocycles. The highest BCUT2D eigenvalue weighted by Crippen LogP contribution is 2.28. The van der Waals surface area contributed by atoms with E-state index >= 15 is 0 Å². The monoisotopic (exact) mass is 492 g/mol. The second kappa shape index (κ2) is 11.3. The number of nitrogens with zero attached hydrogens (tertiary/aromatic N) is 4. The first-order valence-corrected chi connectivity index (χ1v) is 11.5. The summed E-state index contributed by atoms with van der Waals surface area (Å²) >= 11 is 1.19. The number of methoxy groups -OCH3 is 1. The van der Waals surface area contributed by atoms with E-state index < -0.39 is 11.7 Å². The van der Waals surface area contributed by atoms with Gasteiger partial charge in [-0.15, -0.1) is 10.2 Å². The summed E-state index contributed by atoms with van der Waals surface area (Å²) in [6.07, 6.45) is 3.33. The van der Waals surface area contributed by atoms with Crippen LogP contribution in [-0.2, 0) is 9.59 Å². The molecule has 2 N–H and O–H groups in total. The fourth-order valence-corrected chi connectivity index (χ4v) is 3.90. The number of benzene rings is 2. The summed E-state index contributed by atoms with van der Waals surface area (Å²) in [5.41, 5.74) is 2.05. The Balaban J connectivity index is 1.42. The minimum absolute atomic E-state index is 0.0223. The molecule has 2 aromatic heterocycles. The SMILES string of the molecule is COc1ccc(-n2c(SCC(=O)NCC(=O)Nc3ccc(F)cc3)nnc2-c2ccncc2)cc1. The number of thioether (sulfide) groups is 1. The lowest BCUT2D eigenvalue weighted by atomic mass is 10.2. The van der Waals surface area contributed by atoms with Crippen molar-refractivity contribution in [1.82, 2.24) is 25.1 Å². The van der Waals surface area contributed by atoms with Crippen molar-refractivity contribution in [3.8, 4) is 22.8 Å². The number of carbonyl (C=O) groups excluding carboxylic acids is 2. The van der Waals surface area contributed by atoms with Gasteiger partial charge in [-0.3, -0.25) is 19.1 Å². The summed E-state index contributed by atoms with van der Waals surface area (Å²) in [6.45, 7) is -0.218. The fraction of sp³-hybridized carbons (Fsp3) is 0.125. The van der Waals surface area contributed by atoms with Gasteiger partial charge in [0.2, 0.25) is 11.8 Å². The number of rotatable bonds is 9. The number of anilines is 1. The van der Waals surface area contributed by atoms with Crippen molar-refractivity contribution in [3.63, 3.8) is 0 Å². The average Bonchev–Trinajstić information content (AvgIpc) is 3.32. The molecule has 0 radical (unpaired) electrons. The molecule has 0 saturated heterocycles. The molecule has 9 nitrogen and oxygen atoms in total. The standard InChI is InChI=1S/C24H21FN6O3S/c1-34-20-8-6-19(7-9-20)31-23(16-10-12-26-13-11-16)29-30-24(31)35-15-22(33)27-14-21(32)28-18-4-2-17(25)3-5-18/h2-13H,14-15H2,1H3,(H,27,33)(H,28,32). The molecule has 4 aromatic rings. The van der Waals surface area contributed by atoms with E-state index in [1.165, 1.54) is 36.0 Å². The predicted molar refractivity (Wildman–Crippen MR) is 130 cm³/mol. The number of hydrogen-bond acceptors (Lipinski definition) is 7. The Hall–Kier alpha value is -4.25. The van der Waals surface area contributed by atoms with Gasteiger partial charge in [0, 0.05) is 29.3 Å². The first kappa shape index (κ1) is 23.9. The van der Waals surface area contributed by atoms with Gasteiger partial charge in [0.05, 0.1) is 19.4 Å². The smallest absolute Gasteiger partial charge is 0.243 e. The zero-order valence-corrected chi connectivity index (χ0v) is 19.5. The Labute approximate surface area is 204 Å². The minimum atomic E-state index is -0.420. The van der Waals surface area contributed by atoms with E-state index in [0.29, 0.717) is 22.4 Å². The number of nitrogens with one attached hydrogen (secondary N) is 2. The number of ether oxygens (including phenoxy) is 1. The summed E-state index contributed by atoms with van der Waals surface area (Å²) in [7, 11) is 1.59. The van der Waals surface area contributed by atoms with E-state index in [1.54, 1.807) is 19.5 Å². The number of pyridine rings is 1. The second-order valence-corrected chi connectivity index (χ2v) is 8.14. The van der Waals surface area contributed by atoms with Gasteiger partial charge in [0.25, 0.3) is 0 Å². The molecule has 0 fully saturated rings. The minimum Gasteiger partial charge on any atom is -0.497 e. The van der Waals surface area contributed by atoms with Crippen molar-refractivity contribution < 1.29 is 18.7 Å². The second-order valence-electron chi connectivity index (χ2n) is 7.20. The summed E-state index contributed by atoms with van der Waals surface area (Å²) in [6, 6.07) is 16.4. The van der Waals surface area contributed by atoms with Crippen molar-refractivity contribution in [2.24, 2.45) is 0 Å². The van der Waals surface area contributed by atoms with Crippen LogP contribution in [0.3, 0.4) is 0 Å². The topological polar surface area (TPSA) is 111 Å². The van der Waals surface area contributed by atoms with Crippen LogP contribution in [-0.4, -0.2) is 51.0 Å². The van der Waals surface area contributed by atoms with Gasteiger partial charge >= 0.3 is 0 Å². The molecule has 0 atom stereocenters. The summed E-state index contributed by atoms with van der Waals surface area (Å²) in [5.74, 6) is 0.159. The van der Waals surface area contributed by atoms with Gasteiger partial charge in [-0.2, -0.15) is 0 Å². The zero-order chi connectivity index (χ0) is 24.6. The maximum Gasteiger partial charge on any atom is 0.243 e. The van der Waals surface area contributed by atoms with Crippen LogP contribution in [0.1, 0.15) is 0 Å². The van der Waals surface area contributed by atoms with Gasteiger partial charge < -0.3 is 15.4 Å². The Morgan fingerprint density at radius 3 is 2.37 bits per heavy atom. The molecule has 2 amide bonds. The number of aromatic nitrogens is 4. The van der Waals surface area contributed by atoms with Crippen LogP contribution in [0.2, 0.25) is 0 Å². The molecule has 11 heteroatoms. The quantitative estimate of drug-likeness (QED) is 0.345. The van der Waals surface area contributed by atoms with Gasteiger partial charge in [0.1, 0.15) is 11.6 Å². The Morgan fingerprint density at radius 1 is 0.971 bits per heavy atom. The molecule has 0 unspecified atom stereocenters. The number of halogens is 1. The number of carbonyl (C=O) groups is 2. The molecule has 2 heterocycles. The van der Waals surface area contributed by atoms with Crippen molar-refractivity contribution >= 4 is 29.3 Å². The summed E-state index contributed by atoms with van der Waals surface area (Å²) < 4.78 is 20.1. The molecule has 4 rings (SSSR count). The van der Waals surface area contributed by atoms with Gasteiger partial charge in [-0.1, -0.05) is 11.8 Å². The Bertz CT molecular complexity index is 1300.